The van der Waals surface area contributed by atoms with E-state index in [0.717, 1.165) is 14.7 Å². The maximum Gasteiger partial charge on any atom is 0.317 e. The summed E-state index contributed by atoms with van der Waals surface area (Å²) >= 11 is 15.1. The topological polar surface area (TPSA) is 108 Å². The molecule has 2 fully saturated rings. The number of nitrogens with one attached hydrogen (secondary N) is 2. The van der Waals surface area contributed by atoms with Crippen molar-refractivity contribution in [2.75, 3.05) is 25.0 Å². The number of hydrogen-bond donors (Lipinski definition) is 3. The molecule has 1 aliphatic carbocycles. The highest BCUT2D eigenvalue weighted by Gasteiger charge is 2.62. The summed E-state index contributed by atoms with van der Waals surface area (Å²) in [5.41, 5.74) is 1.01. The van der Waals surface area contributed by atoms with Gasteiger partial charge in [0, 0.05) is 44.4 Å². The van der Waals surface area contributed by atoms with Crippen LogP contribution in [0.3, 0.4) is 0 Å². The van der Waals surface area contributed by atoms with Crippen LogP contribution in [0.15, 0.2) is 59.7 Å². The van der Waals surface area contributed by atoms with E-state index in [0.29, 0.717) is 53.8 Å². The van der Waals surface area contributed by atoms with Gasteiger partial charge in [0.2, 0.25) is 11.8 Å². The number of fused-ring (bicyclic) bond motifs is 2. The zero-order valence-corrected chi connectivity index (χ0v) is 26.3. The molecular formula is C31H30Cl2IN3O5. The van der Waals surface area contributed by atoms with Crippen LogP contribution in [0, 0.1) is 15.4 Å². The van der Waals surface area contributed by atoms with Gasteiger partial charge in [-0.2, -0.15) is 0 Å². The maximum atomic E-state index is 14.4. The molecule has 3 aliphatic heterocycles. The number of amides is 2. The predicted molar refractivity (Wildman–Crippen MR) is 169 cm³/mol. The molecule has 3 N–H and O–H groups in total. The highest BCUT2D eigenvalue weighted by molar-refractivity contribution is 14.1. The van der Waals surface area contributed by atoms with Gasteiger partial charge >= 0.3 is 5.97 Å². The van der Waals surface area contributed by atoms with Crippen molar-refractivity contribution in [3.63, 3.8) is 0 Å². The number of piperidine rings is 2. The number of allylic oxidation sites excluding steroid dienone is 4. The Morgan fingerprint density at radius 2 is 1.90 bits per heavy atom. The van der Waals surface area contributed by atoms with E-state index >= 15 is 0 Å². The normalized spacial score (nSPS) is 27.8. The summed E-state index contributed by atoms with van der Waals surface area (Å²) in [6, 6.07) is 10.5. The molecular weight excluding hydrogens is 692 g/mol. The molecule has 0 radical (unpaired) electrons. The Morgan fingerprint density at radius 1 is 1.12 bits per heavy atom. The van der Waals surface area contributed by atoms with Crippen molar-refractivity contribution in [1.29, 1.82) is 0 Å². The third kappa shape index (κ3) is 5.44. The van der Waals surface area contributed by atoms with E-state index < -0.39 is 17.4 Å². The van der Waals surface area contributed by atoms with Gasteiger partial charge in [0.1, 0.15) is 17.3 Å². The number of carboxylic acid groups (broad SMARTS) is 1. The Hall–Kier alpha value is -2.60. The van der Waals surface area contributed by atoms with E-state index in [2.05, 4.69) is 33.2 Å². The molecule has 3 heterocycles. The molecule has 8 nitrogen and oxygen atoms in total. The van der Waals surface area contributed by atoms with E-state index in [-0.39, 0.29) is 42.7 Å². The fraction of sp³-hybridized carbons (Fsp3) is 0.387. The Bertz CT molecular complexity index is 1510. The maximum absolute atomic E-state index is 14.4. The summed E-state index contributed by atoms with van der Waals surface area (Å²) < 4.78 is 7.54. The van der Waals surface area contributed by atoms with Gasteiger partial charge in [-0.25, -0.2) is 0 Å². The zero-order valence-electron chi connectivity index (χ0n) is 22.6. The molecule has 220 valence electrons. The average Bonchev–Trinajstić information content (AvgIpc) is 3.22. The van der Waals surface area contributed by atoms with Crippen molar-refractivity contribution in [3.05, 3.63) is 79.4 Å². The Labute approximate surface area is 267 Å². The number of hydrogen-bond acceptors (Lipinski definition) is 5. The summed E-state index contributed by atoms with van der Waals surface area (Å²) in [6.45, 7) is 1.23. The molecule has 4 atom stereocenters. The van der Waals surface area contributed by atoms with Crippen LogP contribution >= 0.6 is 45.8 Å². The predicted octanol–water partition coefficient (Wildman–Crippen LogP) is 5.64. The Balaban J connectivity index is 1.44. The van der Waals surface area contributed by atoms with Crippen molar-refractivity contribution in [2.45, 2.75) is 43.2 Å². The number of nitrogens with zero attached hydrogens (tertiary/aromatic N) is 1. The van der Waals surface area contributed by atoms with Crippen molar-refractivity contribution in [3.8, 4) is 5.75 Å². The largest absolute Gasteiger partial charge is 0.490 e. The van der Waals surface area contributed by atoms with Crippen LogP contribution in [0.25, 0.3) is 0 Å². The minimum absolute atomic E-state index is 0.00682. The number of benzene rings is 2. The molecule has 42 heavy (non-hydrogen) atoms. The van der Waals surface area contributed by atoms with Gasteiger partial charge in [-0.15, -0.1) is 0 Å². The molecule has 2 amide bonds. The van der Waals surface area contributed by atoms with Crippen LogP contribution < -0.4 is 15.4 Å². The lowest BCUT2D eigenvalue weighted by atomic mass is 9.57. The quantitative estimate of drug-likeness (QED) is 0.334. The van der Waals surface area contributed by atoms with Gasteiger partial charge < -0.3 is 20.5 Å². The summed E-state index contributed by atoms with van der Waals surface area (Å²) in [5, 5.41) is 16.7. The molecule has 2 aromatic rings. The number of likely N-dealkylation sites (tertiary alicyclic amines) is 1. The number of halogens is 3. The van der Waals surface area contributed by atoms with Crippen LogP contribution in [0.5, 0.6) is 5.75 Å². The van der Waals surface area contributed by atoms with Crippen LogP contribution in [0.1, 0.15) is 42.9 Å². The number of carboxylic acids is 1. The van der Waals surface area contributed by atoms with Crippen molar-refractivity contribution >= 4 is 69.3 Å². The van der Waals surface area contributed by atoms with Gasteiger partial charge in [0.05, 0.1) is 12.6 Å². The fourth-order valence-corrected chi connectivity index (χ4v) is 7.99. The Kier molecular flexibility index (Phi) is 8.30. The van der Waals surface area contributed by atoms with E-state index in [1.165, 1.54) is 0 Å². The summed E-state index contributed by atoms with van der Waals surface area (Å²) in [7, 11) is 0. The van der Waals surface area contributed by atoms with Crippen LogP contribution in [0.2, 0.25) is 5.02 Å². The van der Waals surface area contributed by atoms with Gasteiger partial charge in [0.25, 0.3) is 0 Å². The first-order valence-electron chi connectivity index (χ1n) is 14.0. The number of anilines is 1. The number of rotatable bonds is 6. The van der Waals surface area contributed by atoms with E-state index in [4.69, 9.17) is 33.0 Å². The molecule has 6 rings (SSSR count). The monoisotopic (exact) mass is 721 g/mol. The summed E-state index contributed by atoms with van der Waals surface area (Å²) in [5.74, 6) is -1.11. The first-order chi connectivity index (χ1) is 20.1. The molecule has 0 saturated carbocycles. The van der Waals surface area contributed by atoms with Crippen molar-refractivity contribution in [2.24, 2.45) is 11.8 Å². The van der Waals surface area contributed by atoms with Crippen molar-refractivity contribution < 1.29 is 24.2 Å². The standard InChI is InChI=1S/C31H30Cl2IN3O5/c32-18-3-1-2-17(12-18)24-15-27(38)36-29(31(24)23-6-4-19(33)13-25(23)35-30(31)41)22-14-20(34)5-7-26(22)42-21-8-10-37(11-9-21)16-28(39)40/h1-7,13-14,17,21,24,29H,8-12,15-16H2,(H,35,41)(H,36,38)(H,39,40)/t17?,24-,29-,31-/m0/s1. The smallest absolute Gasteiger partial charge is 0.317 e. The summed E-state index contributed by atoms with van der Waals surface area (Å²) in [6.07, 6.45) is 7.70. The SMILES string of the molecule is O=C(O)CN1CCC(Oc2ccc(I)cc2[C@@H]2NC(=O)C[C@@H](C3C=CC=C(Cl)C3)[C@]23C(=O)Nc2cc(Cl)ccc23)CC1. The first-order valence-corrected chi connectivity index (χ1v) is 15.8. The van der Waals surface area contributed by atoms with Gasteiger partial charge in [-0.05, 0) is 95.7 Å². The van der Waals surface area contributed by atoms with Crippen LogP contribution in [0.4, 0.5) is 5.69 Å². The number of aliphatic carboxylic acids is 1. The lowest BCUT2D eigenvalue weighted by Crippen LogP contribution is -2.59. The number of ether oxygens (including phenoxy) is 1. The minimum Gasteiger partial charge on any atom is -0.490 e. The molecule has 2 aromatic carbocycles. The van der Waals surface area contributed by atoms with E-state index in [9.17, 15) is 14.4 Å². The lowest BCUT2D eigenvalue weighted by Gasteiger charge is -2.49. The first kappa shape index (κ1) is 29.5. The number of carbonyl (C=O) groups excluding carboxylic acids is 2. The second-order valence-electron chi connectivity index (χ2n) is 11.4. The molecule has 0 aromatic heterocycles. The molecule has 1 spiro atoms. The zero-order chi connectivity index (χ0) is 29.6. The molecule has 11 heteroatoms. The highest BCUT2D eigenvalue weighted by atomic mass is 127. The second-order valence-corrected chi connectivity index (χ2v) is 13.5. The van der Waals surface area contributed by atoms with Gasteiger partial charge in [-0.1, -0.05) is 41.4 Å². The molecule has 4 aliphatic rings. The van der Waals surface area contributed by atoms with E-state index in [1.807, 2.05) is 47.4 Å². The minimum atomic E-state index is -1.15. The molecule has 0 bridgehead atoms. The van der Waals surface area contributed by atoms with Crippen LogP contribution in [-0.2, 0) is 19.8 Å². The fourth-order valence-electron chi connectivity index (χ4n) is 7.05. The van der Waals surface area contributed by atoms with Crippen molar-refractivity contribution in [1.82, 2.24) is 10.2 Å². The highest BCUT2D eigenvalue weighted by Crippen LogP contribution is 2.58. The molecule has 2 saturated heterocycles. The third-order valence-corrected chi connectivity index (χ3v) is 10.0. The third-order valence-electron chi connectivity index (χ3n) is 8.85. The number of carbonyl (C=O) groups is 3. The van der Waals surface area contributed by atoms with Crippen LogP contribution in [-0.4, -0.2) is 53.5 Å². The second kappa shape index (κ2) is 11.8. The summed E-state index contributed by atoms with van der Waals surface area (Å²) in [4.78, 5) is 40.9. The Morgan fingerprint density at radius 3 is 2.64 bits per heavy atom. The van der Waals surface area contributed by atoms with E-state index in [1.54, 1.807) is 12.1 Å². The lowest BCUT2D eigenvalue weighted by molar-refractivity contribution is -0.139. The average molecular weight is 722 g/mol. The van der Waals surface area contributed by atoms with Gasteiger partial charge in [0.15, 0.2) is 0 Å². The van der Waals surface area contributed by atoms with Gasteiger partial charge in [-0.3, -0.25) is 19.3 Å². The molecule has 1 unspecified atom stereocenters.